The minimum atomic E-state index is 0.125. The van der Waals surface area contributed by atoms with E-state index in [1.165, 1.54) is 11.5 Å². The molecule has 1 saturated heterocycles. The summed E-state index contributed by atoms with van der Waals surface area (Å²) in [6.45, 7) is 0.652. The average Bonchev–Trinajstić information content (AvgIpc) is 2.91. The van der Waals surface area contributed by atoms with Gasteiger partial charge in [0.05, 0.1) is 0 Å². The summed E-state index contributed by atoms with van der Waals surface area (Å²) in [5.74, 6) is 0.869. The number of carbonyl (C=O) groups is 1. The van der Waals surface area contributed by atoms with E-state index in [-0.39, 0.29) is 11.9 Å². The maximum absolute atomic E-state index is 11.1. The summed E-state index contributed by atoms with van der Waals surface area (Å²) in [6.07, 6.45) is 1.41. The van der Waals surface area contributed by atoms with Gasteiger partial charge in [0.25, 0.3) is 0 Å². The van der Waals surface area contributed by atoms with Crippen molar-refractivity contribution in [2.24, 2.45) is 0 Å². The highest BCUT2D eigenvalue weighted by atomic mass is 32.1. The Kier molecular flexibility index (Phi) is 3.41. The molecule has 2 heterocycles. The standard InChI is InChI=1S/C13H14N4OS/c18-11-7-6-10(8-14-11)15-13-16-12(17-19-13)9-4-2-1-3-5-9/h1-5,10H,6-8H2,(H,14,18)(H,15,16,17)/t10-/m0/s1. The predicted octanol–water partition coefficient (Wildman–Crippen LogP) is 1.90. The first kappa shape index (κ1) is 12.1. The van der Waals surface area contributed by atoms with Crippen molar-refractivity contribution in [2.45, 2.75) is 18.9 Å². The molecule has 1 fully saturated rings. The zero-order chi connectivity index (χ0) is 13.1. The molecule has 0 unspecified atom stereocenters. The first-order chi connectivity index (χ1) is 9.31. The molecule has 1 aromatic carbocycles. The van der Waals surface area contributed by atoms with Gasteiger partial charge in [-0.25, -0.2) is 0 Å². The summed E-state index contributed by atoms with van der Waals surface area (Å²) >= 11 is 1.35. The number of hydrogen-bond acceptors (Lipinski definition) is 5. The Morgan fingerprint density at radius 1 is 1.32 bits per heavy atom. The largest absolute Gasteiger partial charge is 0.356 e. The van der Waals surface area contributed by atoms with Crippen molar-refractivity contribution >= 4 is 22.6 Å². The van der Waals surface area contributed by atoms with Gasteiger partial charge >= 0.3 is 0 Å². The lowest BCUT2D eigenvalue weighted by Crippen LogP contribution is -2.41. The molecule has 1 aliphatic rings. The predicted molar refractivity (Wildman–Crippen MR) is 75.0 cm³/mol. The quantitative estimate of drug-likeness (QED) is 0.897. The van der Waals surface area contributed by atoms with Crippen molar-refractivity contribution in [3.8, 4) is 11.4 Å². The smallest absolute Gasteiger partial charge is 0.220 e. The SMILES string of the molecule is O=C1CC[C@H](Nc2nc(-c3ccccc3)ns2)CN1. The molecule has 0 saturated carbocycles. The number of hydrogen-bond donors (Lipinski definition) is 2. The van der Waals surface area contributed by atoms with Gasteiger partial charge in [0, 0.05) is 36.1 Å². The normalized spacial score (nSPS) is 18.9. The average molecular weight is 274 g/mol. The summed E-state index contributed by atoms with van der Waals surface area (Å²) in [7, 11) is 0. The van der Waals surface area contributed by atoms with Gasteiger partial charge in [-0.3, -0.25) is 4.79 Å². The van der Waals surface area contributed by atoms with E-state index in [1.54, 1.807) is 0 Å². The molecular formula is C13H14N4OS. The molecule has 0 radical (unpaired) electrons. The Morgan fingerprint density at radius 2 is 2.16 bits per heavy atom. The van der Waals surface area contributed by atoms with Crippen LogP contribution in [0.25, 0.3) is 11.4 Å². The number of benzene rings is 1. The molecule has 1 amide bonds. The fourth-order valence-electron chi connectivity index (χ4n) is 2.02. The molecule has 0 spiro atoms. The van der Waals surface area contributed by atoms with Crippen LogP contribution in [-0.2, 0) is 4.79 Å². The molecule has 3 rings (SSSR count). The molecule has 0 bridgehead atoms. The third-order valence-corrected chi connectivity index (χ3v) is 3.70. The van der Waals surface area contributed by atoms with E-state index < -0.39 is 0 Å². The van der Waals surface area contributed by atoms with Gasteiger partial charge in [0.2, 0.25) is 11.0 Å². The molecule has 1 atom stereocenters. The van der Waals surface area contributed by atoms with Gasteiger partial charge < -0.3 is 10.6 Å². The molecular weight excluding hydrogens is 260 g/mol. The number of nitrogens with zero attached hydrogens (tertiary/aromatic N) is 2. The van der Waals surface area contributed by atoms with Gasteiger partial charge in [-0.2, -0.15) is 9.36 Å². The van der Waals surface area contributed by atoms with Crippen molar-refractivity contribution in [3.05, 3.63) is 30.3 Å². The minimum absolute atomic E-state index is 0.125. The second-order valence-electron chi connectivity index (χ2n) is 4.47. The van der Waals surface area contributed by atoms with E-state index in [1.807, 2.05) is 30.3 Å². The number of piperidine rings is 1. The zero-order valence-electron chi connectivity index (χ0n) is 10.3. The van der Waals surface area contributed by atoms with E-state index in [4.69, 9.17) is 0 Å². The van der Waals surface area contributed by atoms with Crippen LogP contribution in [0.5, 0.6) is 0 Å². The van der Waals surface area contributed by atoms with E-state index in [0.717, 1.165) is 22.9 Å². The maximum Gasteiger partial charge on any atom is 0.220 e. The van der Waals surface area contributed by atoms with E-state index in [0.29, 0.717) is 13.0 Å². The molecule has 0 aliphatic carbocycles. The van der Waals surface area contributed by atoms with Crippen LogP contribution in [0.15, 0.2) is 30.3 Å². The van der Waals surface area contributed by atoms with Crippen molar-refractivity contribution in [3.63, 3.8) is 0 Å². The van der Waals surface area contributed by atoms with Crippen molar-refractivity contribution < 1.29 is 4.79 Å². The summed E-state index contributed by atoms with van der Waals surface area (Å²) in [5.41, 5.74) is 1.02. The summed E-state index contributed by atoms with van der Waals surface area (Å²) < 4.78 is 4.35. The van der Waals surface area contributed by atoms with Gasteiger partial charge in [0.15, 0.2) is 5.82 Å². The molecule has 6 heteroatoms. The topological polar surface area (TPSA) is 66.9 Å². The van der Waals surface area contributed by atoms with Crippen LogP contribution >= 0.6 is 11.5 Å². The number of aromatic nitrogens is 2. The van der Waals surface area contributed by atoms with Gasteiger partial charge in [-0.15, -0.1) is 0 Å². The number of anilines is 1. The van der Waals surface area contributed by atoms with Crippen LogP contribution in [-0.4, -0.2) is 27.9 Å². The van der Waals surface area contributed by atoms with Crippen LogP contribution in [0.1, 0.15) is 12.8 Å². The number of amides is 1. The lowest BCUT2D eigenvalue weighted by molar-refractivity contribution is -0.122. The monoisotopic (exact) mass is 274 g/mol. The second kappa shape index (κ2) is 5.36. The highest BCUT2D eigenvalue weighted by Gasteiger charge is 2.19. The Bertz CT molecular complexity index is 559. The lowest BCUT2D eigenvalue weighted by atomic mass is 10.1. The number of carbonyl (C=O) groups excluding carboxylic acids is 1. The number of nitrogens with one attached hydrogen (secondary N) is 2. The first-order valence-corrected chi connectivity index (χ1v) is 7.01. The van der Waals surface area contributed by atoms with Crippen LogP contribution in [0.2, 0.25) is 0 Å². The van der Waals surface area contributed by atoms with Crippen LogP contribution in [0, 0.1) is 0 Å². The second-order valence-corrected chi connectivity index (χ2v) is 5.23. The molecule has 1 aromatic heterocycles. The Balaban J connectivity index is 1.67. The summed E-state index contributed by atoms with van der Waals surface area (Å²) in [5, 5.41) is 6.97. The van der Waals surface area contributed by atoms with Crippen LogP contribution in [0.3, 0.4) is 0 Å². The van der Waals surface area contributed by atoms with Gasteiger partial charge in [0.1, 0.15) is 0 Å². The molecule has 1 aliphatic heterocycles. The van der Waals surface area contributed by atoms with Crippen molar-refractivity contribution in [2.75, 3.05) is 11.9 Å². The third-order valence-electron chi connectivity index (χ3n) is 3.05. The van der Waals surface area contributed by atoms with Gasteiger partial charge in [-0.1, -0.05) is 30.3 Å². The summed E-state index contributed by atoms with van der Waals surface area (Å²) in [4.78, 5) is 15.6. The van der Waals surface area contributed by atoms with E-state index in [9.17, 15) is 4.79 Å². The molecule has 5 nitrogen and oxygen atoms in total. The fourth-order valence-corrected chi connectivity index (χ4v) is 2.68. The molecule has 2 N–H and O–H groups in total. The maximum atomic E-state index is 11.1. The van der Waals surface area contributed by atoms with Crippen molar-refractivity contribution in [1.82, 2.24) is 14.7 Å². The molecule has 2 aromatic rings. The molecule has 98 valence electrons. The third kappa shape index (κ3) is 2.90. The molecule has 19 heavy (non-hydrogen) atoms. The highest BCUT2D eigenvalue weighted by molar-refractivity contribution is 7.09. The van der Waals surface area contributed by atoms with E-state index >= 15 is 0 Å². The van der Waals surface area contributed by atoms with E-state index in [2.05, 4.69) is 20.0 Å². The Hall–Kier alpha value is -1.95. The minimum Gasteiger partial charge on any atom is -0.356 e. The van der Waals surface area contributed by atoms with Crippen LogP contribution < -0.4 is 10.6 Å². The number of rotatable bonds is 3. The Labute approximate surface area is 115 Å². The Morgan fingerprint density at radius 3 is 2.89 bits per heavy atom. The lowest BCUT2D eigenvalue weighted by Gasteiger charge is -2.22. The van der Waals surface area contributed by atoms with Gasteiger partial charge in [-0.05, 0) is 6.42 Å². The fraction of sp³-hybridized carbons (Fsp3) is 0.308. The van der Waals surface area contributed by atoms with Crippen molar-refractivity contribution in [1.29, 1.82) is 0 Å². The van der Waals surface area contributed by atoms with Crippen LogP contribution in [0.4, 0.5) is 5.13 Å². The first-order valence-electron chi connectivity index (χ1n) is 6.23. The summed E-state index contributed by atoms with van der Waals surface area (Å²) in [6, 6.07) is 10.1. The zero-order valence-corrected chi connectivity index (χ0v) is 11.1. The highest BCUT2D eigenvalue weighted by Crippen LogP contribution is 2.22.